The van der Waals surface area contributed by atoms with E-state index in [1.165, 1.54) is 13.2 Å². The Hall–Kier alpha value is -3.76. The van der Waals surface area contributed by atoms with Gasteiger partial charge in [-0.05, 0) is 30.3 Å². The van der Waals surface area contributed by atoms with Crippen LogP contribution in [-0.4, -0.2) is 41.1 Å². The van der Waals surface area contributed by atoms with Crippen LogP contribution in [0.3, 0.4) is 0 Å². The highest BCUT2D eigenvalue weighted by Crippen LogP contribution is 2.25. The van der Waals surface area contributed by atoms with Crippen LogP contribution in [0.1, 0.15) is 5.56 Å². The molecule has 7 heteroatoms. The third-order valence-electron chi connectivity index (χ3n) is 3.86. The Morgan fingerprint density at radius 2 is 2.04 bits per heavy atom. The summed E-state index contributed by atoms with van der Waals surface area (Å²) in [7, 11) is 1.51. The van der Waals surface area contributed by atoms with Crippen molar-refractivity contribution in [3.63, 3.8) is 0 Å². The molecule has 0 atom stereocenters. The fourth-order valence-electron chi connectivity index (χ4n) is 2.52. The number of hydrogen-bond acceptors (Lipinski definition) is 6. The molecule has 0 saturated carbocycles. The molecule has 0 fully saturated rings. The number of esters is 1. The molecular formula is C21H18N4O3. The zero-order chi connectivity index (χ0) is 19.8. The molecular weight excluding hydrogens is 356 g/mol. The van der Waals surface area contributed by atoms with E-state index in [4.69, 9.17) is 9.47 Å². The van der Waals surface area contributed by atoms with Crippen LogP contribution >= 0.6 is 0 Å². The highest BCUT2D eigenvalue weighted by Gasteiger charge is 2.16. The summed E-state index contributed by atoms with van der Waals surface area (Å²) < 4.78 is 11.6. The van der Waals surface area contributed by atoms with Gasteiger partial charge in [-0.2, -0.15) is 10.4 Å². The van der Waals surface area contributed by atoms with Crippen LogP contribution in [0.2, 0.25) is 0 Å². The summed E-state index contributed by atoms with van der Waals surface area (Å²) in [5, 5.41) is 14.0. The SMILES string of the molecule is COCCOC(=O)/C(C#N)=C/c1cn(-c2ccccc2)nc1-c1cccnc1. The van der Waals surface area contributed by atoms with Crippen LogP contribution in [0.4, 0.5) is 0 Å². The maximum absolute atomic E-state index is 12.2. The molecule has 3 rings (SSSR count). The topological polar surface area (TPSA) is 90.0 Å². The standard InChI is InChI=1S/C21H18N4O3/c1-27-10-11-28-21(26)17(13-22)12-18-15-25(19-7-3-2-4-8-19)24-20(18)16-6-5-9-23-14-16/h2-9,12,14-15H,10-11H2,1H3/b17-12+. The highest BCUT2D eigenvalue weighted by molar-refractivity contribution is 5.98. The molecule has 28 heavy (non-hydrogen) atoms. The maximum atomic E-state index is 12.2. The van der Waals surface area contributed by atoms with E-state index in [-0.39, 0.29) is 18.8 Å². The van der Waals surface area contributed by atoms with Gasteiger partial charge in [-0.25, -0.2) is 9.48 Å². The number of carbonyl (C=O) groups is 1. The Bertz CT molecular complexity index is 1010. The van der Waals surface area contributed by atoms with Crippen molar-refractivity contribution in [3.8, 4) is 23.0 Å². The van der Waals surface area contributed by atoms with Gasteiger partial charge in [0.1, 0.15) is 23.9 Å². The number of rotatable bonds is 7. The Morgan fingerprint density at radius 1 is 1.21 bits per heavy atom. The van der Waals surface area contributed by atoms with Gasteiger partial charge in [-0.1, -0.05) is 18.2 Å². The molecule has 0 amide bonds. The zero-order valence-corrected chi connectivity index (χ0v) is 15.3. The molecule has 0 radical (unpaired) electrons. The van der Waals surface area contributed by atoms with E-state index in [0.717, 1.165) is 11.3 Å². The molecule has 0 aliphatic heterocycles. The van der Waals surface area contributed by atoms with Crippen LogP contribution < -0.4 is 0 Å². The summed E-state index contributed by atoms with van der Waals surface area (Å²) in [6.45, 7) is 0.338. The van der Waals surface area contributed by atoms with Crippen LogP contribution in [0.5, 0.6) is 0 Å². The second-order valence-electron chi connectivity index (χ2n) is 5.75. The first-order chi connectivity index (χ1) is 13.7. The van der Waals surface area contributed by atoms with Gasteiger partial charge in [0.15, 0.2) is 0 Å². The summed E-state index contributed by atoms with van der Waals surface area (Å²) in [6, 6.07) is 15.1. The Kier molecular flexibility index (Phi) is 6.29. The molecule has 0 aliphatic rings. The van der Waals surface area contributed by atoms with Crippen molar-refractivity contribution in [3.05, 3.63) is 72.2 Å². The quantitative estimate of drug-likeness (QED) is 0.273. The zero-order valence-electron chi connectivity index (χ0n) is 15.3. The molecule has 2 heterocycles. The van der Waals surface area contributed by atoms with Gasteiger partial charge in [0.25, 0.3) is 0 Å². The molecule has 0 spiro atoms. The Balaban J connectivity index is 2.02. The summed E-state index contributed by atoms with van der Waals surface area (Å²) >= 11 is 0. The Morgan fingerprint density at radius 3 is 2.71 bits per heavy atom. The number of carbonyl (C=O) groups excluding carboxylic acids is 1. The van der Waals surface area contributed by atoms with E-state index in [1.807, 2.05) is 42.5 Å². The molecule has 140 valence electrons. The number of methoxy groups -OCH3 is 1. The normalized spacial score (nSPS) is 11.1. The van der Waals surface area contributed by atoms with Gasteiger partial charge in [0.05, 0.1) is 12.3 Å². The predicted molar refractivity (Wildman–Crippen MR) is 103 cm³/mol. The third kappa shape index (κ3) is 4.50. The first kappa shape index (κ1) is 19.0. The second kappa shape index (κ2) is 9.26. The fourth-order valence-corrected chi connectivity index (χ4v) is 2.52. The van der Waals surface area contributed by atoms with Crippen molar-refractivity contribution < 1.29 is 14.3 Å². The van der Waals surface area contributed by atoms with Crippen molar-refractivity contribution in [1.29, 1.82) is 5.26 Å². The number of hydrogen-bond donors (Lipinski definition) is 0. The largest absolute Gasteiger partial charge is 0.459 e. The lowest BCUT2D eigenvalue weighted by molar-refractivity contribution is -0.139. The summed E-state index contributed by atoms with van der Waals surface area (Å²) in [6.07, 6.45) is 6.58. The summed E-state index contributed by atoms with van der Waals surface area (Å²) in [5.41, 5.74) is 2.72. The Labute approximate surface area is 162 Å². The van der Waals surface area contributed by atoms with Crippen LogP contribution in [0, 0.1) is 11.3 Å². The average molecular weight is 374 g/mol. The summed E-state index contributed by atoms with van der Waals surface area (Å²) in [5.74, 6) is -0.704. The van der Waals surface area contributed by atoms with Crippen LogP contribution in [-0.2, 0) is 14.3 Å². The maximum Gasteiger partial charge on any atom is 0.348 e. The van der Waals surface area contributed by atoms with Crippen molar-refractivity contribution in [2.24, 2.45) is 0 Å². The molecule has 0 saturated heterocycles. The minimum atomic E-state index is -0.704. The van der Waals surface area contributed by atoms with Crippen molar-refractivity contribution in [2.75, 3.05) is 20.3 Å². The molecule has 2 aromatic heterocycles. The average Bonchev–Trinajstić information content (AvgIpc) is 3.17. The number of nitrogens with zero attached hydrogens (tertiary/aromatic N) is 4. The van der Waals surface area contributed by atoms with Gasteiger partial charge >= 0.3 is 5.97 Å². The lowest BCUT2D eigenvalue weighted by Crippen LogP contribution is -2.11. The van der Waals surface area contributed by atoms with Gasteiger partial charge in [-0.15, -0.1) is 0 Å². The first-order valence-corrected chi connectivity index (χ1v) is 8.56. The van der Waals surface area contributed by atoms with Gasteiger partial charge < -0.3 is 9.47 Å². The first-order valence-electron chi connectivity index (χ1n) is 8.56. The highest BCUT2D eigenvalue weighted by atomic mass is 16.6. The van der Waals surface area contributed by atoms with E-state index in [1.54, 1.807) is 29.3 Å². The van der Waals surface area contributed by atoms with E-state index < -0.39 is 5.97 Å². The molecule has 0 N–H and O–H groups in total. The van der Waals surface area contributed by atoms with Crippen molar-refractivity contribution >= 4 is 12.0 Å². The lowest BCUT2D eigenvalue weighted by Gasteiger charge is -2.03. The summed E-state index contributed by atoms with van der Waals surface area (Å²) in [4.78, 5) is 16.3. The van der Waals surface area contributed by atoms with E-state index in [2.05, 4.69) is 10.1 Å². The van der Waals surface area contributed by atoms with Crippen LogP contribution in [0.25, 0.3) is 23.0 Å². The number of ether oxygens (including phenoxy) is 2. The minimum Gasteiger partial charge on any atom is -0.459 e. The third-order valence-corrected chi connectivity index (χ3v) is 3.86. The predicted octanol–water partition coefficient (Wildman–Crippen LogP) is 3.03. The van der Waals surface area contributed by atoms with Gasteiger partial charge in [0.2, 0.25) is 0 Å². The second-order valence-corrected chi connectivity index (χ2v) is 5.75. The van der Waals surface area contributed by atoms with Crippen molar-refractivity contribution in [1.82, 2.24) is 14.8 Å². The molecule has 0 bridgehead atoms. The van der Waals surface area contributed by atoms with E-state index in [9.17, 15) is 10.1 Å². The number of nitriles is 1. The van der Waals surface area contributed by atoms with Gasteiger partial charge in [-0.3, -0.25) is 4.98 Å². The molecule has 3 aromatic rings. The molecule has 1 aromatic carbocycles. The van der Waals surface area contributed by atoms with Gasteiger partial charge in [0, 0.05) is 36.8 Å². The number of para-hydroxylation sites is 1. The van der Waals surface area contributed by atoms with Crippen molar-refractivity contribution in [2.45, 2.75) is 0 Å². The monoisotopic (exact) mass is 374 g/mol. The van der Waals surface area contributed by atoms with Crippen LogP contribution in [0.15, 0.2) is 66.6 Å². The minimum absolute atomic E-state index is 0.0765. The molecule has 0 aliphatic carbocycles. The number of benzene rings is 1. The van der Waals surface area contributed by atoms with E-state index >= 15 is 0 Å². The molecule has 7 nitrogen and oxygen atoms in total. The smallest absolute Gasteiger partial charge is 0.348 e. The number of pyridine rings is 1. The van der Waals surface area contributed by atoms with E-state index in [0.29, 0.717) is 11.3 Å². The fraction of sp³-hybridized carbons (Fsp3) is 0.143. The molecule has 0 unspecified atom stereocenters. The number of aromatic nitrogens is 3. The lowest BCUT2D eigenvalue weighted by atomic mass is 10.1.